The van der Waals surface area contributed by atoms with Crippen LogP contribution in [0, 0.1) is 11.7 Å². The van der Waals surface area contributed by atoms with Crippen LogP contribution in [0.2, 0.25) is 0 Å². The van der Waals surface area contributed by atoms with Gasteiger partial charge < -0.3 is 10.1 Å². The van der Waals surface area contributed by atoms with E-state index in [1.54, 1.807) is 12.1 Å². The molecule has 118 valence electrons. The summed E-state index contributed by atoms with van der Waals surface area (Å²) in [5.41, 5.74) is 0.982. The molecular formula is C18H28FNO. The van der Waals surface area contributed by atoms with Gasteiger partial charge in [-0.05, 0) is 63.6 Å². The zero-order valence-corrected chi connectivity index (χ0v) is 13.7. The Morgan fingerprint density at radius 3 is 2.67 bits per heavy atom. The maximum Gasteiger partial charge on any atom is 0.165 e. The van der Waals surface area contributed by atoms with Crippen molar-refractivity contribution in [1.82, 2.24) is 5.32 Å². The normalized spacial score (nSPS) is 23.1. The summed E-state index contributed by atoms with van der Waals surface area (Å²) in [6.45, 7) is 9.22. The van der Waals surface area contributed by atoms with Gasteiger partial charge in [0.25, 0.3) is 0 Å². The molecule has 21 heavy (non-hydrogen) atoms. The Balaban J connectivity index is 1.95. The van der Waals surface area contributed by atoms with Crippen molar-refractivity contribution in [2.45, 2.75) is 71.6 Å². The minimum absolute atomic E-state index is 0.0316. The molecule has 2 atom stereocenters. The molecule has 1 aromatic rings. The van der Waals surface area contributed by atoms with Gasteiger partial charge in [0.2, 0.25) is 0 Å². The molecule has 0 aromatic heterocycles. The first-order chi connectivity index (χ1) is 9.83. The number of ether oxygens (including phenoxy) is 1. The molecule has 2 rings (SSSR count). The van der Waals surface area contributed by atoms with Crippen LogP contribution in [0.5, 0.6) is 5.75 Å². The van der Waals surface area contributed by atoms with Crippen molar-refractivity contribution in [3.63, 3.8) is 0 Å². The molecule has 1 aromatic carbocycles. The highest BCUT2D eigenvalue weighted by atomic mass is 19.1. The fourth-order valence-electron chi connectivity index (χ4n) is 2.78. The molecule has 1 fully saturated rings. The lowest BCUT2D eigenvalue weighted by molar-refractivity contribution is 0.124. The average molecular weight is 293 g/mol. The SMILES string of the molecule is CC1CCCC(Oc2ccc(CNC(C)(C)C)cc2F)C1. The summed E-state index contributed by atoms with van der Waals surface area (Å²) in [6, 6.07) is 5.30. The lowest BCUT2D eigenvalue weighted by atomic mass is 9.89. The van der Waals surface area contributed by atoms with Crippen LogP contribution in [0.25, 0.3) is 0 Å². The van der Waals surface area contributed by atoms with Crippen LogP contribution < -0.4 is 10.1 Å². The number of hydrogen-bond donors (Lipinski definition) is 1. The third kappa shape index (κ3) is 5.31. The number of hydrogen-bond acceptors (Lipinski definition) is 2. The maximum absolute atomic E-state index is 14.2. The van der Waals surface area contributed by atoms with Gasteiger partial charge in [-0.2, -0.15) is 0 Å². The summed E-state index contributed by atoms with van der Waals surface area (Å²) in [7, 11) is 0. The van der Waals surface area contributed by atoms with Crippen LogP contribution in [-0.2, 0) is 6.54 Å². The minimum atomic E-state index is -0.249. The minimum Gasteiger partial charge on any atom is -0.487 e. The van der Waals surface area contributed by atoms with Crippen LogP contribution in [0.4, 0.5) is 4.39 Å². The monoisotopic (exact) mass is 293 g/mol. The highest BCUT2D eigenvalue weighted by Crippen LogP contribution is 2.29. The van der Waals surface area contributed by atoms with Crippen molar-refractivity contribution in [2.24, 2.45) is 5.92 Å². The molecule has 0 radical (unpaired) electrons. The van der Waals surface area contributed by atoms with E-state index in [9.17, 15) is 4.39 Å². The fraction of sp³-hybridized carbons (Fsp3) is 0.667. The van der Waals surface area contributed by atoms with Crippen LogP contribution in [-0.4, -0.2) is 11.6 Å². The summed E-state index contributed by atoms with van der Waals surface area (Å²) in [6.07, 6.45) is 4.69. The summed E-state index contributed by atoms with van der Waals surface area (Å²) in [5.74, 6) is 0.831. The molecule has 1 aliphatic carbocycles. The van der Waals surface area contributed by atoms with E-state index < -0.39 is 0 Å². The van der Waals surface area contributed by atoms with Gasteiger partial charge in [0.1, 0.15) is 0 Å². The summed E-state index contributed by atoms with van der Waals surface area (Å²) in [5, 5.41) is 3.36. The molecule has 0 spiro atoms. The molecule has 0 aliphatic heterocycles. The Morgan fingerprint density at radius 2 is 2.05 bits per heavy atom. The van der Waals surface area contributed by atoms with Gasteiger partial charge in [-0.3, -0.25) is 0 Å². The largest absolute Gasteiger partial charge is 0.487 e. The fourth-order valence-corrected chi connectivity index (χ4v) is 2.78. The summed E-state index contributed by atoms with van der Waals surface area (Å²) >= 11 is 0. The second-order valence-corrected chi connectivity index (χ2v) is 7.38. The number of nitrogens with one attached hydrogen (secondary N) is 1. The smallest absolute Gasteiger partial charge is 0.165 e. The Hall–Kier alpha value is -1.09. The lowest BCUT2D eigenvalue weighted by Crippen LogP contribution is -2.35. The van der Waals surface area contributed by atoms with Crippen LogP contribution in [0.3, 0.4) is 0 Å². The van der Waals surface area contributed by atoms with E-state index >= 15 is 0 Å². The molecule has 2 nitrogen and oxygen atoms in total. The van der Waals surface area contributed by atoms with E-state index in [1.165, 1.54) is 12.8 Å². The first-order valence-corrected chi connectivity index (χ1v) is 8.03. The van der Waals surface area contributed by atoms with E-state index in [4.69, 9.17) is 4.74 Å². The van der Waals surface area contributed by atoms with Crippen molar-refractivity contribution >= 4 is 0 Å². The topological polar surface area (TPSA) is 21.3 Å². The number of halogens is 1. The van der Waals surface area contributed by atoms with Gasteiger partial charge in [0.15, 0.2) is 11.6 Å². The van der Waals surface area contributed by atoms with Crippen molar-refractivity contribution in [2.75, 3.05) is 0 Å². The van der Waals surface area contributed by atoms with Crippen LogP contribution >= 0.6 is 0 Å². The van der Waals surface area contributed by atoms with Crippen LogP contribution in [0.1, 0.15) is 58.9 Å². The summed E-state index contributed by atoms with van der Waals surface area (Å²) in [4.78, 5) is 0. The molecule has 0 bridgehead atoms. The lowest BCUT2D eigenvalue weighted by Gasteiger charge is -2.27. The first-order valence-electron chi connectivity index (χ1n) is 8.03. The Labute approximate surface area is 128 Å². The van der Waals surface area contributed by atoms with E-state index in [2.05, 4.69) is 33.0 Å². The molecule has 3 heteroatoms. The number of benzene rings is 1. The van der Waals surface area contributed by atoms with E-state index in [-0.39, 0.29) is 17.5 Å². The van der Waals surface area contributed by atoms with Gasteiger partial charge >= 0.3 is 0 Å². The van der Waals surface area contributed by atoms with Crippen molar-refractivity contribution < 1.29 is 9.13 Å². The van der Waals surface area contributed by atoms with Gasteiger partial charge in [0.05, 0.1) is 6.10 Å². The molecule has 0 saturated heterocycles. The van der Waals surface area contributed by atoms with Crippen LogP contribution in [0.15, 0.2) is 18.2 Å². The standard InChI is InChI=1S/C18H28FNO/c1-13-6-5-7-15(10-13)21-17-9-8-14(11-16(17)19)12-20-18(2,3)4/h8-9,11,13,15,20H,5-7,10,12H2,1-4H3. The highest BCUT2D eigenvalue weighted by molar-refractivity contribution is 5.29. The van der Waals surface area contributed by atoms with Gasteiger partial charge in [0, 0.05) is 12.1 Å². The second-order valence-electron chi connectivity index (χ2n) is 7.38. The predicted octanol–water partition coefficient (Wildman–Crippen LogP) is 4.67. The third-order valence-electron chi connectivity index (χ3n) is 4.00. The van der Waals surface area contributed by atoms with Crippen molar-refractivity contribution in [3.8, 4) is 5.75 Å². The molecule has 2 unspecified atom stereocenters. The van der Waals surface area contributed by atoms with Crippen molar-refractivity contribution in [1.29, 1.82) is 0 Å². The van der Waals surface area contributed by atoms with Gasteiger partial charge in [-0.1, -0.05) is 19.4 Å². The molecule has 0 amide bonds. The Bertz CT molecular complexity index is 467. The number of rotatable bonds is 4. The molecular weight excluding hydrogens is 265 g/mol. The zero-order chi connectivity index (χ0) is 15.5. The molecule has 1 aliphatic rings. The second kappa shape index (κ2) is 6.78. The Kier molecular flexibility index (Phi) is 5.26. The maximum atomic E-state index is 14.2. The van der Waals surface area contributed by atoms with E-state index in [0.29, 0.717) is 18.2 Å². The summed E-state index contributed by atoms with van der Waals surface area (Å²) < 4.78 is 20.0. The molecule has 1 N–H and O–H groups in total. The quantitative estimate of drug-likeness (QED) is 0.871. The zero-order valence-electron chi connectivity index (χ0n) is 13.7. The average Bonchev–Trinajstić information content (AvgIpc) is 2.38. The van der Waals surface area contributed by atoms with Crippen molar-refractivity contribution in [3.05, 3.63) is 29.6 Å². The highest BCUT2D eigenvalue weighted by Gasteiger charge is 2.21. The van der Waals surface area contributed by atoms with Gasteiger partial charge in [-0.25, -0.2) is 4.39 Å². The van der Waals surface area contributed by atoms with Gasteiger partial charge in [-0.15, -0.1) is 0 Å². The van der Waals surface area contributed by atoms with E-state index in [0.717, 1.165) is 18.4 Å². The Morgan fingerprint density at radius 1 is 1.29 bits per heavy atom. The molecule has 1 saturated carbocycles. The first kappa shape index (κ1) is 16.3. The third-order valence-corrected chi connectivity index (χ3v) is 4.00. The predicted molar refractivity (Wildman–Crippen MR) is 85.0 cm³/mol. The van der Waals surface area contributed by atoms with E-state index in [1.807, 2.05) is 6.07 Å². The molecule has 0 heterocycles.